The van der Waals surface area contributed by atoms with Gasteiger partial charge in [-0.3, -0.25) is 0 Å². The third-order valence-corrected chi connectivity index (χ3v) is 1.35. The second-order valence-corrected chi connectivity index (χ2v) is 2.40. The van der Waals surface area contributed by atoms with E-state index in [0.29, 0.717) is 13.2 Å². The van der Waals surface area contributed by atoms with E-state index in [0.717, 1.165) is 0 Å². The van der Waals surface area contributed by atoms with Crippen LogP contribution < -0.4 is 0 Å². The molecule has 0 fully saturated rings. The Bertz CT molecular complexity index is 98.0. The molecule has 11 heavy (non-hydrogen) atoms. The van der Waals surface area contributed by atoms with Crippen LogP contribution in [0.15, 0.2) is 25.3 Å². The van der Waals surface area contributed by atoms with E-state index in [1.54, 1.807) is 12.2 Å². The summed E-state index contributed by atoms with van der Waals surface area (Å²) in [5.74, 6) is 0. The first-order chi connectivity index (χ1) is 4.81. The molecule has 0 unspecified atom stereocenters. The summed E-state index contributed by atoms with van der Waals surface area (Å²) in [4.78, 5) is 8.84. The summed E-state index contributed by atoms with van der Waals surface area (Å²) in [6, 6.07) is 0. The van der Waals surface area contributed by atoms with E-state index in [1.165, 1.54) is 0 Å². The third kappa shape index (κ3) is 10.7. The van der Waals surface area contributed by atoms with E-state index in [4.69, 9.17) is 13.9 Å². The summed E-state index contributed by atoms with van der Waals surface area (Å²) in [6.07, 6.45) is 3.09. The molecular weight excluding hydrogens is 263 g/mol. The zero-order valence-electron chi connectivity index (χ0n) is 6.40. The van der Waals surface area contributed by atoms with Crippen molar-refractivity contribution < 1.29 is 41.2 Å². The van der Waals surface area contributed by atoms with Crippen molar-refractivity contribution in [1.82, 2.24) is 0 Å². The van der Waals surface area contributed by atoms with Crippen molar-refractivity contribution in [2.75, 3.05) is 13.2 Å². The molecule has 0 aliphatic heterocycles. The minimum Gasteiger partial charge on any atom is -0.328 e. The van der Waals surface area contributed by atoms with Crippen molar-refractivity contribution in [3.05, 3.63) is 25.3 Å². The molecule has 0 saturated carbocycles. The van der Waals surface area contributed by atoms with E-state index >= 15 is 0 Å². The maximum Gasteiger partial charge on any atom is 0.330 e. The Kier molecular flexibility index (Phi) is 13.9. The SMILES string of the molecule is C=CCOP(O)OCC=C.[Cd]. The van der Waals surface area contributed by atoms with Gasteiger partial charge in [0.1, 0.15) is 0 Å². The number of rotatable bonds is 6. The van der Waals surface area contributed by atoms with Crippen LogP contribution in [0.2, 0.25) is 0 Å². The molecule has 0 rings (SSSR count). The van der Waals surface area contributed by atoms with E-state index < -0.39 is 8.60 Å². The normalized spacial score (nSPS) is 8.91. The van der Waals surface area contributed by atoms with Crippen LogP contribution in [-0.2, 0) is 36.3 Å². The standard InChI is InChI=1S/C6H11O3P.Cd/c1-3-5-8-10(7)9-6-4-2;/h3-4,7H,1-2,5-6H2;. The molecule has 1 N–H and O–H groups in total. The van der Waals surface area contributed by atoms with Crippen molar-refractivity contribution in [2.24, 2.45) is 0 Å². The van der Waals surface area contributed by atoms with Gasteiger partial charge in [-0.2, -0.15) is 0 Å². The van der Waals surface area contributed by atoms with E-state index in [9.17, 15) is 0 Å². The Morgan fingerprint density at radius 1 is 1.18 bits per heavy atom. The molecule has 5 heteroatoms. The second kappa shape index (κ2) is 10.7. The van der Waals surface area contributed by atoms with Gasteiger partial charge in [0.15, 0.2) is 0 Å². The molecule has 0 atom stereocenters. The Labute approximate surface area is 88.2 Å². The Hall–Kier alpha value is 0.712. The summed E-state index contributed by atoms with van der Waals surface area (Å²) in [6.45, 7) is 7.43. The molecule has 0 aromatic heterocycles. The maximum absolute atomic E-state index is 8.84. The van der Waals surface area contributed by atoms with Gasteiger partial charge in [-0.05, 0) is 0 Å². The van der Waals surface area contributed by atoms with Gasteiger partial charge in [0.25, 0.3) is 0 Å². The third-order valence-electron chi connectivity index (χ3n) is 0.606. The Balaban J connectivity index is 0. The fourth-order valence-corrected chi connectivity index (χ4v) is 0.811. The topological polar surface area (TPSA) is 38.7 Å². The summed E-state index contributed by atoms with van der Waals surface area (Å²) in [5.41, 5.74) is 0. The predicted molar refractivity (Wildman–Crippen MR) is 41.4 cm³/mol. The van der Waals surface area contributed by atoms with Crippen LogP contribution in [0, 0.1) is 0 Å². The van der Waals surface area contributed by atoms with Crippen LogP contribution in [-0.4, -0.2) is 18.1 Å². The van der Waals surface area contributed by atoms with Crippen molar-refractivity contribution in [2.45, 2.75) is 0 Å². The molecule has 0 radical (unpaired) electrons. The summed E-state index contributed by atoms with van der Waals surface area (Å²) >= 11 is 0. The number of hydrogen-bond donors (Lipinski definition) is 1. The van der Waals surface area contributed by atoms with Crippen LogP contribution in [0.1, 0.15) is 0 Å². The molecule has 0 aromatic carbocycles. The molecule has 0 aliphatic carbocycles. The zero-order valence-corrected chi connectivity index (χ0v) is 11.3. The second-order valence-electron chi connectivity index (χ2n) is 1.41. The molecule has 0 aliphatic rings. The molecule has 0 aromatic rings. The first kappa shape index (κ1) is 14.2. The predicted octanol–water partition coefficient (Wildman–Crippen LogP) is 1.61. The number of hydrogen-bond acceptors (Lipinski definition) is 3. The summed E-state index contributed by atoms with van der Waals surface area (Å²) in [7, 11) is -1.73. The van der Waals surface area contributed by atoms with Gasteiger partial charge in [0.05, 0.1) is 13.2 Å². The van der Waals surface area contributed by atoms with Crippen molar-refractivity contribution >= 4 is 8.60 Å². The smallest absolute Gasteiger partial charge is 0.328 e. The molecule has 0 saturated heterocycles. The van der Waals surface area contributed by atoms with Crippen molar-refractivity contribution in [1.29, 1.82) is 0 Å². The first-order valence-electron chi connectivity index (χ1n) is 2.78. The molecule has 0 amide bonds. The molecule has 0 heterocycles. The van der Waals surface area contributed by atoms with Gasteiger partial charge in [0.2, 0.25) is 0 Å². The van der Waals surface area contributed by atoms with Crippen LogP contribution in [0.3, 0.4) is 0 Å². The fourth-order valence-electron chi connectivity index (χ4n) is 0.270. The average Bonchev–Trinajstić information content (AvgIpc) is 1.97. The monoisotopic (exact) mass is 276 g/mol. The maximum atomic E-state index is 8.84. The van der Waals surface area contributed by atoms with Crippen LogP contribution in [0.4, 0.5) is 0 Å². The average molecular weight is 275 g/mol. The minimum absolute atomic E-state index is 0. The van der Waals surface area contributed by atoms with Gasteiger partial charge in [0, 0.05) is 27.3 Å². The minimum atomic E-state index is -1.73. The fraction of sp³-hybridized carbons (Fsp3) is 0.333. The van der Waals surface area contributed by atoms with Crippen LogP contribution in [0.5, 0.6) is 0 Å². The Morgan fingerprint density at radius 3 is 1.82 bits per heavy atom. The first-order valence-corrected chi connectivity index (χ1v) is 3.91. The van der Waals surface area contributed by atoms with Crippen LogP contribution in [0.25, 0.3) is 0 Å². The molecule has 3 nitrogen and oxygen atoms in total. The molecule has 0 bridgehead atoms. The van der Waals surface area contributed by atoms with Crippen molar-refractivity contribution in [3.63, 3.8) is 0 Å². The van der Waals surface area contributed by atoms with Gasteiger partial charge < -0.3 is 13.9 Å². The largest absolute Gasteiger partial charge is 0.330 e. The van der Waals surface area contributed by atoms with Crippen molar-refractivity contribution in [3.8, 4) is 0 Å². The van der Waals surface area contributed by atoms with Gasteiger partial charge in [-0.15, -0.1) is 13.2 Å². The summed E-state index contributed by atoms with van der Waals surface area (Å²) in [5, 5.41) is 0. The quantitative estimate of drug-likeness (QED) is 0.454. The molecular formula is C6H11CdO3P. The molecule has 0 spiro atoms. The van der Waals surface area contributed by atoms with Gasteiger partial charge in [-0.1, -0.05) is 12.2 Å². The van der Waals surface area contributed by atoms with Gasteiger partial charge in [-0.25, -0.2) is 0 Å². The van der Waals surface area contributed by atoms with E-state index in [-0.39, 0.29) is 27.3 Å². The molecule has 60 valence electrons. The van der Waals surface area contributed by atoms with E-state index in [1.807, 2.05) is 0 Å². The zero-order chi connectivity index (χ0) is 7.82. The van der Waals surface area contributed by atoms with E-state index in [2.05, 4.69) is 13.2 Å². The van der Waals surface area contributed by atoms with Crippen LogP contribution >= 0.6 is 8.60 Å². The van der Waals surface area contributed by atoms with Gasteiger partial charge >= 0.3 is 8.60 Å². The Morgan fingerprint density at radius 2 is 1.55 bits per heavy atom. The summed E-state index contributed by atoms with van der Waals surface area (Å²) < 4.78 is 9.45.